The summed E-state index contributed by atoms with van der Waals surface area (Å²) in [6.07, 6.45) is 4.92. The predicted octanol–water partition coefficient (Wildman–Crippen LogP) is 4.24. The first-order valence-electron chi connectivity index (χ1n) is 7.04. The molecule has 0 aliphatic heterocycles. The molecule has 23 heavy (non-hydrogen) atoms. The van der Waals surface area contributed by atoms with Crippen molar-refractivity contribution in [2.45, 2.75) is 19.4 Å². The van der Waals surface area contributed by atoms with Gasteiger partial charge in [-0.25, -0.2) is 13.2 Å². The summed E-state index contributed by atoms with van der Waals surface area (Å²) in [5.41, 5.74) is 0.858. The molecule has 118 valence electrons. The lowest BCUT2D eigenvalue weighted by Crippen LogP contribution is -2.07. The van der Waals surface area contributed by atoms with Gasteiger partial charge < -0.3 is 0 Å². The maximum absolute atomic E-state index is 14.3. The topological polar surface area (TPSA) is 30.7 Å². The third kappa shape index (κ3) is 3.41. The van der Waals surface area contributed by atoms with E-state index in [9.17, 15) is 13.2 Å². The first-order chi connectivity index (χ1) is 10.9. The van der Waals surface area contributed by atoms with Gasteiger partial charge in [0.25, 0.3) is 5.92 Å². The summed E-state index contributed by atoms with van der Waals surface area (Å²) in [4.78, 5) is 4.09. The van der Waals surface area contributed by atoms with Crippen LogP contribution in [0.2, 0.25) is 0 Å². The van der Waals surface area contributed by atoms with Crippen LogP contribution in [0.4, 0.5) is 13.2 Å². The Labute approximate surface area is 131 Å². The van der Waals surface area contributed by atoms with Gasteiger partial charge in [-0.15, -0.1) is 0 Å². The number of rotatable bonds is 4. The van der Waals surface area contributed by atoms with E-state index in [1.54, 1.807) is 29.2 Å². The fraction of sp³-hybridized carbons (Fsp3) is 0.176. The van der Waals surface area contributed by atoms with Crippen LogP contribution in [-0.4, -0.2) is 14.8 Å². The zero-order valence-electron chi connectivity index (χ0n) is 12.4. The van der Waals surface area contributed by atoms with Gasteiger partial charge in [0.2, 0.25) is 0 Å². The number of aromatic nitrogens is 3. The van der Waals surface area contributed by atoms with Crippen molar-refractivity contribution in [3.63, 3.8) is 0 Å². The lowest BCUT2D eigenvalue weighted by atomic mass is 10.0. The highest BCUT2D eigenvalue weighted by Gasteiger charge is 2.24. The summed E-state index contributed by atoms with van der Waals surface area (Å²) in [5.74, 6) is -3.53. The number of halogens is 3. The Morgan fingerprint density at radius 3 is 2.65 bits per heavy atom. The number of hydrogen-bond acceptors (Lipinski definition) is 2. The Bertz CT molecular complexity index is 808. The van der Waals surface area contributed by atoms with E-state index in [1.165, 1.54) is 30.5 Å². The van der Waals surface area contributed by atoms with Crippen molar-refractivity contribution < 1.29 is 13.2 Å². The molecule has 0 N–H and O–H groups in total. The predicted molar refractivity (Wildman–Crippen MR) is 80.5 cm³/mol. The van der Waals surface area contributed by atoms with E-state index in [-0.39, 0.29) is 11.3 Å². The molecule has 0 spiro atoms. The molecule has 0 amide bonds. The fourth-order valence-electron chi connectivity index (χ4n) is 2.30. The van der Waals surface area contributed by atoms with Crippen molar-refractivity contribution in [2.75, 3.05) is 0 Å². The van der Waals surface area contributed by atoms with Crippen molar-refractivity contribution in [2.24, 2.45) is 0 Å². The highest BCUT2D eigenvalue weighted by molar-refractivity contribution is 5.61. The van der Waals surface area contributed by atoms with Gasteiger partial charge in [-0.3, -0.25) is 9.67 Å². The van der Waals surface area contributed by atoms with Crippen molar-refractivity contribution in [1.29, 1.82) is 0 Å². The summed E-state index contributed by atoms with van der Waals surface area (Å²) in [6, 6.07) is 8.73. The molecule has 3 nitrogen and oxygen atoms in total. The molecule has 0 saturated heterocycles. The largest absolute Gasteiger partial charge is 0.270 e. The van der Waals surface area contributed by atoms with Crippen LogP contribution < -0.4 is 0 Å². The standard InChI is InChI=1S/C17H14F3N3/c1-17(19,20)14-5-2-4-13(9-14)16-15(18)8-12(10-21-16)11-23-7-3-6-22-23/h2-10H,11H2,1H3. The van der Waals surface area contributed by atoms with Gasteiger partial charge in [-0.1, -0.05) is 18.2 Å². The van der Waals surface area contributed by atoms with Gasteiger partial charge in [0.15, 0.2) is 0 Å². The molecular formula is C17H14F3N3. The molecule has 0 bridgehead atoms. The van der Waals surface area contributed by atoms with E-state index in [0.29, 0.717) is 17.7 Å². The normalized spacial score (nSPS) is 11.7. The second kappa shape index (κ2) is 5.87. The third-order valence-electron chi connectivity index (χ3n) is 3.44. The number of hydrogen-bond donors (Lipinski definition) is 0. The summed E-state index contributed by atoms with van der Waals surface area (Å²) in [7, 11) is 0. The molecule has 0 saturated carbocycles. The molecule has 0 aliphatic carbocycles. The van der Waals surface area contributed by atoms with Gasteiger partial charge in [-0.05, 0) is 23.8 Å². The molecular weight excluding hydrogens is 303 g/mol. The first kappa shape index (κ1) is 15.3. The van der Waals surface area contributed by atoms with Crippen molar-refractivity contribution in [3.8, 4) is 11.3 Å². The zero-order chi connectivity index (χ0) is 16.4. The molecule has 6 heteroatoms. The minimum absolute atomic E-state index is 0.0558. The minimum Gasteiger partial charge on any atom is -0.268 e. The van der Waals surface area contributed by atoms with E-state index in [4.69, 9.17) is 0 Å². The van der Waals surface area contributed by atoms with Crippen LogP contribution in [0, 0.1) is 5.82 Å². The highest BCUT2D eigenvalue weighted by atomic mass is 19.3. The van der Waals surface area contributed by atoms with Gasteiger partial charge in [0.1, 0.15) is 11.5 Å². The summed E-state index contributed by atoms with van der Waals surface area (Å²) in [5, 5.41) is 4.04. The maximum atomic E-state index is 14.3. The lowest BCUT2D eigenvalue weighted by molar-refractivity contribution is 0.0175. The van der Waals surface area contributed by atoms with E-state index < -0.39 is 11.7 Å². The number of alkyl halides is 2. The zero-order valence-corrected chi connectivity index (χ0v) is 12.4. The van der Waals surface area contributed by atoms with Crippen LogP contribution >= 0.6 is 0 Å². The van der Waals surface area contributed by atoms with Crippen molar-refractivity contribution >= 4 is 0 Å². The average molecular weight is 317 g/mol. The Kier molecular flexibility index (Phi) is 3.90. The average Bonchev–Trinajstić information content (AvgIpc) is 2.99. The summed E-state index contributed by atoms with van der Waals surface area (Å²) in [6.45, 7) is 1.20. The molecule has 0 fully saturated rings. The van der Waals surface area contributed by atoms with Crippen molar-refractivity contribution in [3.05, 3.63) is 71.9 Å². The van der Waals surface area contributed by atoms with E-state index in [0.717, 1.165) is 6.92 Å². The molecule has 2 aromatic heterocycles. The second-order valence-electron chi connectivity index (χ2n) is 5.35. The van der Waals surface area contributed by atoms with Crippen molar-refractivity contribution in [1.82, 2.24) is 14.8 Å². The Morgan fingerprint density at radius 1 is 1.17 bits per heavy atom. The van der Waals surface area contributed by atoms with Crippen LogP contribution in [-0.2, 0) is 12.5 Å². The van der Waals surface area contributed by atoms with Crippen LogP contribution in [0.1, 0.15) is 18.1 Å². The summed E-state index contributed by atoms with van der Waals surface area (Å²) >= 11 is 0. The molecule has 0 atom stereocenters. The van der Waals surface area contributed by atoms with E-state index >= 15 is 0 Å². The van der Waals surface area contributed by atoms with Gasteiger partial charge in [0, 0.05) is 36.6 Å². The number of benzene rings is 1. The molecule has 0 unspecified atom stereocenters. The fourth-order valence-corrected chi connectivity index (χ4v) is 2.30. The molecule has 2 heterocycles. The van der Waals surface area contributed by atoms with E-state index in [2.05, 4.69) is 10.1 Å². The van der Waals surface area contributed by atoms with Gasteiger partial charge >= 0.3 is 0 Å². The quantitative estimate of drug-likeness (QED) is 0.720. The van der Waals surface area contributed by atoms with Gasteiger partial charge in [-0.2, -0.15) is 5.10 Å². The minimum atomic E-state index is -2.98. The van der Waals surface area contributed by atoms with Crippen LogP contribution in [0.5, 0.6) is 0 Å². The monoisotopic (exact) mass is 317 g/mol. The molecule has 0 aliphatic rings. The maximum Gasteiger partial charge on any atom is 0.270 e. The van der Waals surface area contributed by atoms with E-state index in [1.807, 2.05) is 0 Å². The smallest absolute Gasteiger partial charge is 0.268 e. The Balaban J connectivity index is 1.92. The lowest BCUT2D eigenvalue weighted by Gasteiger charge is -2.12. The summed E-state index contributed by atoms with van der Waals surface area (Å²) < 4.78 is 42.8. The van der Waals surface area contributed by atoms with Crippen LogP contribution in [0.15, 0.2) is 55.0 Å². The highest BCUT2D eigenvalue weighted by Crippen LogP contribution is 2.30. The third-order valence-corrected chi connectivity index (χ3v) is 3.44. The van der Waals surface area contributed by atoms with Crippen LogP contribution in [0.3, 0.4) is 0 Å². The first-order valence-corrected chi connectivity index (χ1v) is 7.04. The Morgan fingerprint density at radius 2 is 2.00 bits per heavy atom. The molecule has 3 rings (SSSR count). The molecule has 0 radical (unpaired) electrons. The SMILES string of the molecule is CC(F)(F)c1cccc(-c2ncc(Cn3cccn3)cc2F)c1. The molecule has 3 aromatic rings. The second-order valence-corrected chi connectivity index (χ2v) is 5.35. The number of nitrogens with zero attached hydrogens (tertiary/aromatic N) is 3. The molecule has 1 aromatic carbocycles. The van der Waals surface area contributed by atoms with Gasteiger partial charge in [0.05, 0.1) is 6.54 Å². The van der Waals surface area contributed by atoms with Crippen LogP contribution in [0.25, 0.3) is 11.3 Å². The number of pyridine rings is 1. The Hall–Kier alpha value is -2.63.